The smallest absolute Gasteiger partial charge is 0.231 e. The zero-order valence-electron chi connectivity index (χ0n) is 9.71. The van der Waals surface area contributed by atoms with E-state index in [0.29, 0.717) is 22.1 Å². The first-order valence-electron chi connectivity index (χ1n) is 5.35. The second-order valence-corrected chi connectivity index (χ2v) is 4.69. The minimum atomic E-state index is -0.628. The molecule has 1 aliphatic rings. The molecule has 0 N–H and O–H groups in total. The number of hydrogen-bond donors (Lipinski definition) is 0. The zero-order chi connectivity index (χ0) is 13.6. The number of aryl methyl sites for hydroxylation is 1. The molecule has 0 radical (unpaired) electrons. The lowest BCUT2D eigenvalue weighted by molar-refractivity contribution is 0.174. The molecular formula is C12H7Cl2FN2O2. The average Bonchev–Trinajstić information content (AvgIpc) is 2.84. The minimum Gasteiger partial charge on any atom is -0.454 e. The molecule has 1 aliphatic heterocycles. The highest BCUT2D eigenvalue weighted by atomic mass is 35.5. The van der Waals surface area contributed by atoms with Gasteiger partial charge in [-0.3, -0.25) is 0 Å². The summed E-state index contributed by atoms with van der Waals surface area (Å²) in [5.41, 5.74) is 0.753. The van der Waals surface area contributed by atoms with Gasteiger partial charge in [0.05, 0.1) is 10.7 Å². The molecule has 0 saturated carbocycles. The molecule has 2 aromatic rings. The predicted octanol–water partition coefficient (Wildman–Crippen LogP) is 3.63. The Morgan fingerprint density at radius 3 is 2.74 bits per heavy atom. The molecule has 19 heavy (non-hydrogen) atoms. The normalized spacial score (nSPS) is 12.8. The van der Waals surface area contributed by atoms with E-state index in [1.54, 1.807) is 12.1 Å². The molecular weight excluding hydrogens is 294 g/mol. The van der Waals surface area contributed by atoms with E-state index in [0.717, 1.165) is 0 Å². The number of benzene rings is 1. The van der Waals surface area contributed by atoms with Crippen LogP contribution in [0.4, 0.5) is 4.39 Å². The van der Waals surface area contributed by atoms with Crippen molar-refractivity contribution >= 4 is 23.2 Å². The van der Waals surface area contributed by atoms with Crippen LogP contribution in [-0.2, 0) is 0 Å². The van der Waals surface area contributed by atoms with Crippen LogP contribution in [0.25, 0.3) is 11.4 Å². The SMILES string of the molecule is Cc1nc(-c2cc(Cl)c3c(c2)OCO3)nc(Cl)c1F. The van der Waals surface area contributed by atoms with Crippen LogP contribution in [0.15, 0.2) is 12.1 Å². The molecule has 1 aromatic carbocycles. The maximum Gasteiger partial charge on any atom is 0.231 e. The maximum atomic E-state index is 13.4. The van der Waals surface area contributed by atoms with Gasteiger partial charge >= 0.3 is 0 Å². The Morgan fingerprint density at radius 2 is 2.00 bits per heavy atom. The van der Waals surface area contributed by atoms with Crippen molar-refractivity contribution < 1.29 is 13.9 Å². The van der Waals surface area contributed by atoms with Crippen molar-refractivity contribution in [2.45, 2.75) is 6.92 Å². The largest absolute Gasteiger partial charge is 0.454 e. The topological polar surface area (TPSA) is 44.2 Å². The summed E-state index contributed by atoms with van der Waals surface area (Å²) in [6, 6.07) is 3.30. The summed E-state index contributed by atoms with van der Waals surface area (Å²) >= 11 is 11.8. The van der Waals surface area contributed by atoms with Gasteiger partial charge in [-0.05, 0) is 19.1 Å². The first-order chi connectivity index (χ1) is 9.06. The molecule has 3 rings (SSSR count). The fourth-order valence-corrected chi connectivity index (χ4v) is 2.23. The molecule has 7 heteroatoms. The van der Waals surface area contributed by atoms with Crippen molar-refractivity contribution in [2.75, 3.05) is 6.79 Å². The van der Waals surface area contributed by atoms with Crippen LogP contribution in [-0.4, -0.2) is 16.8 Å². The van der Waals surface area contributed by atoms with Gasteiger partial charge in [-0.15, -0.1) is 0 Å². The van der Waals surface area contributed by atoms with Crippen molar-refractivity contribution in [3.8, 4) is 22.9 Å². The van der Waals surface area contributed by atoms with Gasteiger partial charge < -0.3 is 9.47 Å². The first kappa shape index (κ1) is 12.4. The second-order valence-electron chi connectivity index (χ2n) is 3.93. The van der Waals surface area contributed by atoms with E-state index in [1.807, 2.05) is 0 Å². The summed E-state index contributed by atoms with van der Waals surface area (Å²) in [6.45, 7) is 1.63. The Labute approximate surface area is 118 Å². The maximum absolute atomic E-state index is 13.4. The number of ether oxygens (including phenoxy) is 2. The Kier molecular flexibility index (Phi) is 2.95. The zero-order valence-corrected chi connectivity index (χ0v) is 11.2. The quantitative estimate of drug-likeness (QED) is 0.755. The Morgan fingerprint density at radius 1 is 1.21 bits per heavy atom. The van der Waals surface area contributed by atoms with Crippen molar-refractivity contribution in [1.82, 2.24) is 9.97 Å². The van der Waals surface area contributed by atoms with E-state index < -0.39 is 5.82 Å². The molecule has 2 heterocycles. The number of rotatable bonds is 1. The van der Waals surface area contributed by atoms with Gasteiger partial charge in [-0.2, -0.15) is 0 Å². The van der Waals surface area contributed by atoms with Gasteiger partial charge in [0.15, 0.2) is 28.3 Å². The number of halogens is 3. The molecule has 0 bridgehead atoms. The monoisotopic (exact) mass is 300 g/mol. The van der Waals surface area contributed by atoms with Crippen molar-refractivity contribution in [3.05, 3.63) is 33.8 Å². The number of aromatic nitrogens is 2. The van der Waals surface area contributed by atoms with E-state index in [4.69, 9.17) is 32.7 Å². The van der Waals surface area contributed by atoms with Gasteiger partial charge in [0, 0.05) is 5.56 Å². The molecule has 0 spiro atoms. The third-order valence-electron chi connectivity index (χ3n) is 2.66. The molecule has 1 aromatic heterocycles. The van der Waals surface area contributed by atoms with Gasteiger partial charge in [0.25, 0.3) is 0 Å². The molecule has 4 nitrogen and oxygen atoms in total. The molecule has 0 aliphatic carbocycles. The molecule has 98 valence electrons. The van der Waals surface area contributed by atoms with Crippen LogP contribution in [0.2, 0.25) is 10.2 Å². The van der Waals surface area contributed by atoms with Gasteiger partial charge in [0.1, 0.15) is 0 Å². The van der Waals surface area contributed by atoms with Crippen molar-refractivity contribution in [1.29, 1.82) is 0 Å². The Hall–Kier alpha value is -1.59. The van der Waals surface area contributed by atoms with Gasteiger partial charge in [-0.1, -0.05) is 23.2 Å². The third-order valence-corrected chi connectivity index (χ3v) is 3.19. The summed E-state index contributed by atoms with van der Waals surface area (Å²) < 4.78 is 23.9. The summed E-state index contributed by atoms with van der Waals surface area (Å²) in [7, 11) is 0. The number of hydrogen-bond acceptors (Lipinski definition) is 4. The number of nitrogens with zero attached hydrogens (tertiary/aromatic N) is 2. The highest BCUT2D eigenvalue weighted by molar-refractivity contribution is 6.32. The van der Waals surface area contributed by atoms with Crippen LogP contribution in [0, 0.1) is 12.7 Å². The van der Waals surface area contributed by atoms with Gasteiger partial charge in [0.2, 0.25) is 6.79 Å². The lowest BCUT2D eigenvalue weighted by Gasteiger charge is -2.06. The summed E-state index contributed by atoms with van der Waals surface area (Å²) in [5, 5.41) is 0.156. The Bertz CT molecular complexity index is 656. The standard InChI is InChI=1S/C12H7Cl2FN2O2/c1-5-9(15)11(14)17-12(16-5)6-2-7(13)10-8(3-6)18-4-19-10/h2-3H,4H2,1H3. The highest BCUT2D eigenvalue weighted by Gasteiger charge is 2.20. The predicted molar refractivity (Wildman–Crippen MR) is 68.3 cm³/mol. The number of fused-ring (bicyclic) bond motifs is 1. The summed E-state index contributed by atoms with van der Waals surface area (Å²) in [6.07, 6.45) is 0. The second kappa shape index (κ2) is 4.51. The highest BCUT2D eigenvalue weighted by Crippen LogP contribution is 2.41. The first-order valence-corrected chi connectivity index (χ1v) is 6.11. The lowest BCUT2D eigenvalue weighted by Crippen LogP contribution is -1.97. The molecule has 0 saturated heterocycles. The fraction of sp³-hybridized carbons (Fsp3) is 0.167. The molecule has 0 fully saturated rings. The summed E-state index contributed by atoms with van der Waals surface area (Å²) in [4.78, 5) is 7.94. The fourth-order valence-electron chi connectivity index (χ4n) is 1.75. The van der Waals surface area contributed by atoms with Gasteiger partial charge in [-0.25, -0.2) is 14.4 Å². The van der Waals surface area contributed by atoms with E-state index in [1.165, 1.54) is 6.92 Å². The average molecular weight is 301 g/mol. The van der Waals surface area contributed by atoms with E-state index in [-0.39, 0.29) is 23.5 Å². The molecule has 0 amide bonds. The van der Waals surface area contributed by atoms with E-state index >= 15 is 0 Å². The van der Waals surface area contributed by atoms with Crippen molar-refractivity contribution in [3.63, 3.8) is 0 Å². The summed E-state index contributed by atoms with van der Waals surface area (Å²) in [5.74, 6) is 0.640. The van der Waals surface area contributed by atoms with Crippen LogP contribution in [0.5, 0.6) is 11.5 Å². The van der Waals surface area contributed by atoms with Crippen molar-refractivity contribution in [2.24, 2.45) is 0 Å². The van der Waals surface area contributed by atoms with Crippen LogP contribution >= 0.6 is 23.2 Å². The lowest BCUT2D eigenvalue weighted by atomic mass is 10.2. The molecule has 0 unspecified atom stereocenters. The molecule has 0 atom stereocenters. The Balaban J connectivity index is 2.15. The minimum absolute atomic E-state index is 0.114. The van der Waals surface area contributed by atoms with E-state index in [9.17, 15) is 4.39 Å². The van der Waals surface area contributed by atoms with E-state index in [2.05, 4.69) is 9.97 Å². The van der Waals surface area contributed by atoms with Crippen LogP contribution < -0.4 is 9.47 Å². The third kappa shape index (κ3) is 2.09. The van der Waals surface area contributed by atoms with Crippen LogP contribution in [0.1, 0.15) is 5.69 Å². The van der Waals surface area contributed by atoms with Crippen LogP contribution in [0.3, 0.4) is 0 Å².